The highest BCUT2D eigenvalue weighted by Gasteiger charge is 2.45. The molecule has 6 heteroatoms. The van der Waals surface area contributed by atoms with Crippen LogP contribution in [0.2, 0.25) is 0 Å². The molecule has 3 aliphatic heterocycles. The molecule has 3 fully saturated rings. The molecule has 5 rings (SSSR count). The molecule has 0 radical (unpaired) electrons. The molecular formula is C32H44N4O2. The number of nitrogens with one attached hydrogen (secondary N) is 1. The Morgan fingerprint density at radius 1 is 1.00 bits per heavy atom. The van der Waals surface area contributed by atoms with Crippen molar-refractivity contribution in [3.05, 3.63) is 77.9 Å². The number of fused-ring (bicyclic) bond motifs is 1. The van der Waals surface area contributed by atoms with Crippen LogP contribution in [-0.2, 0) is 0 Å². The molecule has 3 heterocycles. The standard InChI is InChI=1S/C32H44N4O2/c1-5-19-35-23(2)11-18-30-29(35)17-12-24(3)36(30)31(27-9-8-10-28(22-27)38-4)25-13-15-26(16-14-25)32(37)33-34-20-6-7-21-34/h5,8-10,13-16,22-24,29-31H,1,6-7,11-12,17-21H2,2-4H3,(H,33,37). The van der Waals surface area contributed by atoms with E-state index in [0.717, 1.165) is 38.2 Å². The SMILES string of the molecule is C=CCN1C(C)CCC2C1CCC(C)N2C(c1ccc(C(=O)NN2CCCC2)cc1)c1cccc(OC)c1. The highest BCUT2D eigenvalue weighted by molar-refractivity contribution is 5.93. The van der Waals surface area contributed by atoms with Gasteiger partial charge in [0.1, 0.15) is 5.75 Å². The smallest absolute Gasteiger partial charge is 0.265 e. The zero-order valence-electron chi connectivity index (χ0n) is 23.3. The monoisotopic (exact) mass is 516 g/mol. The molecular weight excluding hydrogens is 472 g/mol. The van der Waals surface area contributed by atoms with Gasteiger partial charge in [0.05, 0.1) is 13.2 Å². The molecule has 0 spiro atoms. The van der Waals surface area contributed by atoms with E-state index in [2.05, 4.69) is 72.1 Å². The van der Waals surface area contributed by atoms with E-state index in [9.17, 15) is 4.79 Å². The minimum atomic E-state index is -0.0240. The summed E-state index contributed by atoms with van der Waals surface area (Å²) in [5.41, 5.74) is 6.24. The first-order valence-corrected chi connectivity index (χ1v) is 14.4. The molecule has 2 aromatic carbocycles. The highest BCUT2D eigenvalue weighted by Crippen LogP contribution is 2.43. The van der Waals surface area contributed by atoms with Gasteiger partial charge in [-0.15, -0.1) is 6.58 Å². The number of carbonyl (C=O) groups excluding carboxylic acids is 1. The fourth-order valence-electron chi connectivity index (χ4n) is 7.02. The van der Waals surface area contributed by atoms with Crippen molar-refractivity contribution in [3.8, 4) is 5.75 Å². The Bertz CT molecular complexity index is 1100. The van der Waals surface area contributed by atoms with Gasteiger partial charge in [-0.05, 0) is 87.8 Å². The lowest BCUT2D eigenvalue weighted by Gasteiger charge is -2.56. The van der Waals surface area contributed by atoms with Crippen LogP contribution in [0.5, 0.6) is 5.75 Å². The van der Waals surface area contributed by atoms with Gasteiger partial charge in [0.25, 0.3) is 5.91 Å². The third kappa shape index (κ3) is 5.54. The first kappa shape index (κ1) is 26.9. The number of ether oxygens (including phenoxy) is 1. The molecule has 5 atom stereocenters. The minimum Gasteiger partial charge on any atom is -0.497 e. The van der Waals surface area contributed by atoms with Gasteiger partial charge in [0.15, 0.2) is 0 Å². The molecule has 0 bridgehead atoms. The van der Waals surface area contributed by atoms with Crippen LogP contribution >= 0.6 is 0 Å². The molecule has 0 saturated carbocycles. The summed E-state index contributed by atoms with van der Waals surface area (Å²) in [5, 5.41) is 2.03. The third-order valence-electron chi connectivity index (χ3n) is 8.99. The van der Waals surface area contributed by atoms with Gasteiger partial charge in [-0.25, -0.2) is 5.01 Å². The van der Waals surface area contributed by atoms with Crippen LogP contribution in [0, 0.1) is 0 Å². The Hall–Kier alpha value is -2.67. The van der Waals surface area contributed by atoms with Gasteiger partial charge >= 0.3 is 0 Å². The maximum Gasteiger partial charge on any atom is 0.265 e. The number of piperidine rings is 2. The van der Waals surface area contributed by atoms with Crippen molar-refractivity contribution in [2.24, 2.45) is 0 Å². The van der Waals surface area contributed by atoms with E-state index in [-0.39, 0.29) is 11.9 Å². The summed E-state index contributed by atoms with van der Waals surface area (Å²) < 4.78 is 5.64. The van der Waals surface area contributed by atoms with Gasteiger partial charge in [-0.3, -0.25) is 20.0 Å². The fourth-order valence-corrected chi connectivity index (χ4v) is 7.02. The molecule has 204 valence electrons. The van der Waals surface area contributed by atoms with E-state index < -0.39 is 0 Å². The number of hydrogen-bond acceptors (Lipinski definition) is 5. The third-order valence-corrected chi connectivity index (χ3v) is 8.99. The summed E-state index contributed by atoms with van der Waals surface area (Å²) in [4.78, 5) is 18.4. The maximum atomic E-state index is 12.9. The topological polar surface area (TPSA) is 48.0 Å². The summed E-state index contributed by atoms with van der Waals surface area (Å²) in [7, 11) is 1.73. The lowest BCUT2D eigenvalue weighted by molar-refractivity contribution is -0.0499. The normalized spacial score (nSPS) is 27.4. The molecule has 3 aliphatic rings. The summed E-state index contributed by atoms with van der Waals surface area (Å²) in [6.45, 7) is 11.6. The molecule has 6 nitrogen and oxygen atoms in total. The second kappa shape index (κ2) is 12.0. The molecule has 0 aromatic heterocycles. The van der Waals surface area contributed by atoms with Crippen molar-refractivity contribution in [1.29, 1.82) is 0 Å². The lowest BCUT2D eigenvalue weighted by atomic mass is 9.79. The van der Waals surface area contributed by atoms with E-state index in [1.54, 1.807) is 7.11 Å². The van der Waals surface area contributed by atoms with Crippen LogP contribution in [-0.4, -0.2) is 71.6 Å². The fraction of sp³-hybridized carbons (Fsp3) is 0.531. The van der Waals surface area contributed by atoms with Crippen LogP contribution in [0.3, 0.4) is 0 Å². The van der Waals surface area contributed by atoms with Crippen molar-refractivity contribution in [2.45, 2.75) is 82.6 Å². The number of rotatable bonds is 8. The van der Waals surface area contributed by atoms with Crippen molar-refractivity contribution < 1.29 is 9.53 Å². The number of hydrogen-bond donors (Lipinski definition) is 1. The van der Waals surface area contributed by atoms with Gasteiger partial charge in [0, 0.05) is 49.4 Å². The molecule has 1 N–H and O–H groups in total. The van der Waals surface area contributed by atoms with Gasteiger partial charge < -0.3 is 4.74 Å². The van der Waals surface area contributed by atoms with Crippen LogP contribution < -0.4 is 10.2 Å². The number of amides is 1. The maximum absolute atomic E-state index is 12.9. The van der Waals surface area contributed by atoms with Crippen molar-refractivity contribution in [2.75, 3.05) is 26.7 Å². The van der Waals surface area contributed by atoms with Crippen LogP contribution in [0.1, 0.15) is 79.9 Å². The Kier molecular flexibility index (Phi) is 8.51. The van der Waals surface area contributed by atoms with Crippen molar-refractivity contribution >= 4 is 5.91 Å². The van der Waals surface area contributed by atoms with Crippen LogP contribution in [0.25, 0.3) is 0 Å². The van der Waals surface area contributed by atoms with E-state index in [1.807, 2.05) is 23.2 Å². The quantitative estimate of drug-likeness (QED) is 0.475. The average Bonchev–Trinajstić information content (AvgIpc) is 3.45. The zero-order valence-corrected chi connectivity index (χ0v) is 23.3. The number of nitrogens with zero attached hydrogens (tertiary/aromatic N) is 3. The first-order chi connectivity index (χ1) is 18.5. The van der Waals surface area contributed by atoms with E-state index in [4.69, 9.17) is 4.74 Å². The summed E-state index contributed by atoms with van der Waals surface area (Å²) >= 11 is 0. The predicted molar refractivity (Wildman–Crippen MR) is 153 cm³/mol. The molecule has 2 aromatic rings. The predicted octanol–water partition coefficient (Wildman–Crippen LogP) is 5.42. The highest BCUT2D eigenvalue weighted by atomic mass is 16.5. The van der Waals surface area contributed by atoms with Gasteiger partial charge in [-0.1, -0.05) is 30.3 Å². The molecule has 1 amide bonds. The zero-order chi connectivity index (χ0) is 26.6. The minimum absolute atomic E-state index is 0.0240. The van der Waals surface area contributed by atoms with Crippen molar-refractivity contribution in [1.82, 2.24) is 20.2 Å². The van der Waals surface area contributed by atoms with Gasteiger partial charge in [0.2, 0.25) is 0 Å². The molecule has 5 unspecified atom stereocenters. The molecule has 0 aliphatic carbocycles. The molecule has 3 saturated heterocycles. The summed E-state index contributed by atoms with van der Waals surface area (Å²) in [5.74, 6) is 0.852. The number of likely N-dealkylation sites (tertiary alicyclic amines) is 2. The van der Waals surface area contributed by atoms with Crippen molar-refractivity contribution in [3.63, 3.8) is 0 Å². The number of benzene rings is 2. The average molecular weight is 517 g/mol. The number of methoxy groups -OCH3 is 1. The summed E-state index contributed by atoms with van der Waals surface area (Å²) in [6, 6.07) is 18.9. The van der Waals surface area contributed by atoms with E-state index in [0.29, 0.717) is 29.7 Å². The Morgan fingerprint density at radius 3 is 2.42 bits per heavy atom. The molecule has 38 heavy (non-hydrogen) atoms. The number of hydrazine groups is 1. The Labute approximate surface area is 228 Å². The van der Waals surface area contributed by atoms with E-state index >= 15 is 0 Å². The number of carbonyl (C=O) groups is 1. The second-order valence-corrected chi connectivity index (χ2v) is 11.4. The lowest BCUT2D eigenvalue weighted by Crippen LogP contribution is -2.63. The van der Waals surface area contributed by atoms with Crippen LogP contribution in [0.15, 0.2) is 61.2 Å². The second-order valence-electron chi connectivity index (χ2n) is 11.4. The van der Waals surface area contributed by atoms with Gasteiger partial charge in [-0.2, -0.15) is 0 Å². The first-order valence-electron chi connectivity index (χ1n) is 14.4. The Balaban J connectivity index is 1.49. The Morgan fingerprint density at radius 2 is 1.71 bits per heavy atom. The largest absolute Gasteiger partial charge is 0.497 e. The van der Waals surface area contributed by atoms with E-state index in [1.165, 1.54) is 36.8 Å². The van der Waals surface area contributed by atoms with Crippen LogP contribution in [0.4, 0.5) is 0 Å². The summed E-state index contributed by atoms with van der Waals surface area (Å²) in [6.07, 6.45) is 9.12.